The van der Waals surface area contributed by atoms with Gasteiger partial charge in [0.25, 0.3) is 5.91 Å². The van der Waals surface area contributed by atoms with Gasteiger partial charge in [-0.15, -0.1) is 0 Å². The highest BCUT2D eigenvalue weighted by Gasteiger charge is 2.32. The summed E-state index contributed by atoms with van der Waals surface area (Å²) in [7, 11) is 0. The molecule has 116 valence electrons. The average Bonchev–Trinajstić information content (AvgIpc) is 3.04. The predicted molar refractivity (Wildman–Crippen MR) is 81.4 cm³/mol. The minimum absolute atomic E-state index is 0.112. The maximum absolute atomic E-state index is 12.3. The van der Waals surface area contributed by atoms with E-state index in [0.717, 1.165) is 37.7 Å². The fraction of sp³-hybridized carbons (Fsp3) is 0.500. The van der Waals surface area contributed by atoms with Crippen molar-refractivity contribution >= 4 is 5.91 Å². The number of carbonyl (C=O) groups is 1. The van der Waals surface area contributed by atoms with E-state index in [2.05, 4.69) is 20.4 Å². The van der Waals surface area contributed by atoms with E-state index in [1.807, 2.05) is 12.1 Å². The first-order valence-electron chi connectivity index (χ1n) is 7.94. The summed E-state index contributed by atoms with van der Waals surface area (Å²) in [6.07, 6.45) is 6.35. The number of hydrogen-bond donors (Lipinski definition) is 2. The van der Waals surface area contributed by atoms with Crippen LogP contribution in [0.1, 0.15) is 36.2 Å². The Bertz CT molecular complexity index is 637. The molecular formula is C16H20N4O2. The van der Waals surface area contributed by atoms with Crippen LogP contribution in [0.15, 0.2) is 28.9 Å². The number of rotatable bonds is 4. The molecule has 0 radical (unpaired) electrons. The molecule has 0 unspecified atom stereocenters. The van der Waals surface area contributed by atoms with Gasteiger partial charge in [0.05, 0.1) is 6.26 Å². The molecule has 0 spiro atoms. The van der Waals surface area contributed by atoms with Gasteiger partial charge in [0, 0.05) is 31.2 Å². The number of aromatic amines is 1. The zero-order valence-corrected chi connectivity index (χ0v) is 12.4. The Morgan fingerprint density at radius 3 is 2.82 bits per heavy atom. The number of likely N-dealkylation sites (tertiary alicyclic amines) is 1. The van der Waals surface area contributed by atoms with E-state index >= 15 is 0 Å². The topological polar surface area (TPSA) is 74.2 Å². The molecule has 4 rings (SSSR count). The highest BCUT2D eigenvalue weighted by molar-refractivity contribution is 5.93. The predicted octanol–water partition coefficient (Wildman–Crippen LogP) is 2.03. The zero-order valence-electron chi connectivity index (χ0n) is 12.4. The van der Waals surface area contributed by atoms with Crippen LogP contribution in [0.25, 0.3) is 11.5 Å². The first kappa shape index (κ1) is 13.6. The van der Waals surface area contributed by atoms with Gasteiger partial charge in [-0.1, -0.05) is 0 Å². The largest absolute Gasteiger partial charge is 0.463 e. The van der Waals surface area contributed by atoms with Crippen LogP contribution in [0.3, 0.4) is 0 Å². The third-order valence-electron chi connectivity index (χ3n) is 4.53. The number of nitrogens with zero attached hydrogens (tertiary/aromatic N) is 2. The number of piperidine rings is 1. The molecule has 1 saturated carbocycles. The van der Waals surface area contributed by atoms with E-state index in [0.29, 0.717) is 11.5 Å². The fourth-order valence-electron chi connectivity index (χ4n) is 3.10. The van der Waals surface area contributed by atoms with Crippen molar-refractivity contribution in [2.24, 2.45) is 0 Å². The second-order valence-corrected chi connectivity index (χ2v) is 6.16. The van der Waals surface area contributed by atoms with Gasteiger partial charge in [-0.05, 0) is 37.8 Å². The normalized spacial score (nSPS) is 20.2. The molecule has 2 N–H and O–H groups in total. The number of furan rings is 1. The van der Waals surface area contributed by atoms with Crippen molar-refractivity contribution in [3.63, 3.8) is 0 Å². The highest BCUT2D eigenvalue weighted by atomic mass is 16.3. The minimum Gasteiger partial charge on any atom is -0.463 e. The Kier molecular flexibility index (Phi) is 3.46. The van der Waals surface area contributed by atoms with Crippen molar-refractivity contribution in [1.82, 2.24) is 20.4 Å². The summed E-state index contributed by atoms with van der Waals surface area (Å²) >= 11 is 0. The van der Waals surface area contributed by atoms with Crippen molar-refractivity contribution in [3.8, 4) is 11.5 Å². The summed E-state index contributed by atoms with van der Waals surface area (Å²) in [5, 5.41) is 10.0. The number of hydrogen-bond acceptors (Lipinski definition) is 4. The van der Waals surface area contributed by atoms with Crippen LogP contribution in [-0.2, 0) is 0 Å². The molecule has 2 fully saturated rings. The van der Waals surface area contributed by atoms with Gasteiger partial charge >= 0.3 is 0 Å². The Morgan fingerprint density at radius 2 is 2.14 bits per heavy atom. The molecule has 6 nitrogen and oxygen atoms in total. The van der Waals surface area contributed by atoms with Gasteiger partial charge in [0.15, 0.2) is 11.5 Å². The zero-order chi connectivity index (χ0) is 14.9. The van der Waals surface area contributed by atoms with E-state index in [4.69, 9.17) is 4.42 Å². The van der Waals surface area contributed by atoms with Crippen LogP contribution in [0.4, 0.5) is 0 Å². The van der Waals surface area contributed by atoms with E-state index in [9.17, 15) is 4.79 Å². The number of aromatic nitrogens is 2. The Morgan fingerprint density at radius 1 is 1.32 bits per heavy atom. The second kappa shape index (κ2) is 5.61. The second-order valence-electron chi connectivity index (χ2n) is 6.16. The van der Waals surface area contributed by atoms with Crippen LogP contribution >= 0.6 is 0 Å². The van der Waals surface area contributed by atoms with E-state index in [1.165, 1.54) is 12.8 Å². The maximum Gasteiger partial charge on any atom is 0.272 e. The summed E-state index contributed by atoms with van der Waals surface area (Å²) in [5.74, 6) is 0.572. The van der Waals surface area contributed by atoms with E-state index < -0.39 is 0 Å². The minimum atomic E-state index is -0.112. The Hall–Kier alpha value is -2.08. The van der Waals surface area contributed by atoms with Gasteiger partial charge in [-0.2, -0.15) is 5.10 Å². The van der Waals surface area contributed by atoms with Crippen molar-refractivity contribution < 1.29 is 9.21 Å². The lowest BCUT2D eigenvalue weighted by molar-refractivity contribution is 0.0904. The maximum atomic E-state index is 12.3. The van der Waals surface area contributed by atoms with Crippen LogP contribution in [-0.4, -0.2) is 46.2 Å². The Balaban J connectivity index is 1.34. The molecule has 0 atom stereocenters. The number of carbonyl (C=O) groups excluding carboxylic acids is 1. The molecule has 2 aliphatic rings. The molecule has 1 amide bonds. The Labute approximate surface area is 128 Å². The summed E-state index contributed by atoms with van der Waals surface area (Å²) in [6.45, 7) is 2.18. The molecule has 1 aliphatic heterocycles. The molecule has 1 aliphatic carbocycles. The highest BCUT2D eigenvalue weighted by Crippen LogP contribution is 2.29. The standard InChI is InChI=1S/C16H20N4O2/c21-16(14-10-13(18-19-14)15-2-1-9-22-15)17-11-5-7-20(8-6-11)12-3-4-12/h1-2,9-12H,3-8H2,(H,17,21)(H,18,19). The third-order valence-corrected chi connectivity index (χ3v) is 4.53. The first-order chi connectivity index (χ1) is 10.8. The number of nitrogens with one attached hydrogen (secondary N) is 2. The van der Waals surface area contributed by atoms with Gasteiger partial charge in [0.1, 0.15) is 5.69 Å². The van der Waals surface area contributed by atoms with Crippen molar-refractivity contribution in [2.75, 3.05) is 13.1 Å². The molecule has 6 heteroatoms. The molecule has 1 saturated heterocycles. The lowest BCUT2D eigenvalue weighted by Crippen LogP contribution is -2.45. The third kappa shape index (κ3) is 2.78. The monoisotopic (exact) mass is 300 g/mol. The van der Waals surface area contributed by atoms with Crippen LogP contribution in [0.5, 0.6) is 0 Å². The van der Waals surface area contributed by atoms with Crippen LogP contribution in [0, 0.1) is 0 Å². The SMILES string of the molecule is O=C(NC1CCN(C2CC2)CC1)c1cc(-c2ccco2)[nH]n1. The molecular weight excluding hydrogens is 280 g/mol. The van der Waals surface area contributed by atoms with Crippen LogP contribution < -0.4 is 5.32 Å². The number of H-pyrrole nitrogens is 1. The van der Waals surface area contributed by atoms with Crippen LogP contribution in [0.2, 0.25) is 0 Å². The molecule has 0 bridgehead atoms. The smallest absolute Gasteiger partial charge is 0.272 e. The fourth-order valence-corrected chi connectivity index (χ4v) is 3.10. The lowest BCUT2D eigenvalue weighted by atomic mass is 10.0. The summed E-state index contributed by atoms with van der Waals surface area (Å²) in [5.41, 5.74) is 1.13. The molecule has 22 heavy (non-hydrogen) atoms. The quantitative estimate of drug-likeness (QED) is 0.906. The van der Waals surface area contributed by atoms with Gasteiger partial charge in [-0.25, -0.2) is 0 Å². The van der Waals surface area contributed by atoms with Crippen molar-refractivity contribution in [3.05, 3.63) is 30.2 Å². The van der Waals surface area contributed by atoms with Crippen molar-refractivity contribution in [2.45, 2.75) is 37.8 Å². The molecule has 2 aromatic rings. The summed E-state index contributed by atoms with van der Waals surface area (Å²) in [4.78, 5) is 14.8. The van der Waals surface area contributed by atoms with Gasteiger partial charge < -0.3 is 14.6 Å². The van der Waals surface area contributed by atoms with Gasteiger partial charge in [0.2, 0.25) is 0 Å². The van der Waals surface area contributed by atoms with Crippen molar-refractivity contribution in [1.29, 1.82) is 0 Å². The molecule has 3 heterocycles. The first-order valence-corrected chi connectivity index (χ1v) is 7.94. The summed E-state index contributed by atoms with van der Waals surface area (Å²) in [6, 6.07) is 6.45. The average molecular weight is 300 g/mol. The molecule has 2 aromatic heterocycles. The summed E-state index contributed by atoms with van der Waals surface area (Å²) < 4.78 is 5.29. The molecule has 0 aromatic carbocycles. The van der Waals surface area contributed by atoms with E-state index in [1.54, 1.807) is 12.3 Å². The van der Waals surface area contributed by atoms with E-state index in [-0.39, 0.29) is 11.9 Å². The van der Waals surface area contributed by atoms with Gasteiger partial charge in [-0.3, -0.25) is 9.89 Å². The number of amides is 1. The lowest BCUT2D eigenvalue weighted by Gasteiger charge is -2.32.